The van der Waals surface area contributed by atoms with Crippen molar-refractivity contribution in [3.8, 4) is 0 Å². The van der Waals surface area contributed by atoms with Gasteiger partial charge in [-0.3, -0.25) is 14.6 Å². The van der Waals surface area contributed by atoms with Crippen LogP contribution in [0.15, 0.2) is 63.1 Å². The molecule has 3 aromatic rings. The molecule has 0 radical (unpaired) electrons. The van der Waals surface area contributed by atoms with Crippen molar-refractivity contribution >= 4 is 29.2 Å². The van der Waals surface area contributed by atoms with Gasteiger partial charge in [0.1, 0.15) is 0 Å². The molecular formula is C26H24N2O2. The molecule has 150 valence electrons. The summed E-state index contributed by atoms with van der Waals surface area (Å²) in [6, 6.07) is 16.0. The van der Waals surface area contributed by atoms with Gasteiger partial charge in [0.05, 0.1) is 27.9 Å². The molecule has 1 unspecified atom stereocenters. The first kappa shape index (κ1) is 18.7. The van der Waals surface area contributed by atoms with Gasteiger partial charge in [0.2, 0.25) is 10.9 Å². The monoisotopic (exact) mass is 396 g/mol. The van der Waals surface area contributed by atoms with Crippen molar-refractivity contribution < 1.29 is 0 Å². The fourth-order valence-electron chi connectivity index (χ4n) is 4.68. The third-order valence-electron chi connectivity index (χ3n) is 6.76. The summed E-state index contributed by atoms with van der Waals surface area (Å²) in [5, 5.41) is 3.96. The second-order valence-electron chi connectivity index (χ2n) is 9.33. The lowest BCUT2D eigenvalue weighted by atomic mass is 9.80. The number of fused-ring (bicyclic) bond motifs is 2. The number of hydrogen-bond acceptors (Lipinski definition) is 4. The Kier molecular flexibility index (Phi) is 3.82. The zero-order valence-corrected chi connectivity index (χ0v) is 17.6. The summed E-state index contributed by atoms with van der Waals surface area (Å²) in [5.74, 6) is 0. The lowest BCUT2D eigenvalue weighted by Crippen LogP contribution is -2.65. The molecule has 1 atom stereocenters. The second-order valence-corrected chi connectivity index (χ2v) is 9.33. The first-order valence-electron chi connectivity index (χ1n) is 10.3. The smallest absolute Gasteiger partial charge is 0.200 e. The number of benzene rings is 2. The Morgan fingerprint density at radius 3 is 2.17 bits per heavy atom. The van der Waals surface area contributed by atoms with Gasteiger partial charge in [-0.2, -0.15) is 0 Å². The lowest BCUT2D eigenvalue weighted by Gasteiger charge is -2.25. The van der Waals surface area contributed by atoms with Gasteiger partial charge in [0.25, 0.3) is 0 Å². The zero-order valence-electron chi connectivity index (χ0n) is 17.6. The maximum absolute atomic E-state index is 12.9. The molecule has 0 saturated heterocycles. The van der Waals surface area contributed by atoms with E-state index in [0.717, 1.165) is 22.6 Å². The van der Waals surface area contributed by atoms with E-state index in [-0.39, 0.29) is 38.2 Å². The first-order valence-corrected chi connectivity index (χ1v) is 10.3. The molecule has 0 amide bonds. The fraction of sp³-hybridized carbons (Fsp3) is 0.269. The highest BCUT2D eigenvalue weighted by Gasteiger charge is 2.38. The second kappa shape index (κ2) is 6.11. The summed E-state index contributed by atoms with van der Waals surface area (Å²) in [4.78, 5) is 30.4. The van der Waals surface area contributed by atoms with Gasteiger partial charge in [0.15, 0.2) is 0 Å². The van der Waals surface area contributed by atoms with E-state index in [2.05, 4.69) is 44.1 Å². The summed E-state index contributed by atoms with van der Waals surface area (Å²) in [5.41, 5.74) is 4.10. The molecule has 1 N–H and O–H groups in total. The van der Waals surface area contributed by atoms with Crippen LogP contribution in [-0.2, 0) is 10.8 Å². The Hall–Kier alpha value is -3.27. The Bertz CT molecular complexity index is 1380. The molecule has 5 rings (SSSR count). The molecule has 0 bridgehead atoms. The maximum Gasteiger partial charge on any atom is 0.200 e. The van der Waals surface area contributed by atoms with E-state index in [4.69, 9.17) is 0 Å². The molecule has 3 aromatic carbocycles. The molecule has 30 heavy (non-hydrogen) atoms. The van der Waals surface area contributed by atoms with Crippen molar-refractivity contribution in [2.24, 2.45) is 4.99 Å². The number of para-hydroxylation sites is 2. The number of hydrogen-bond donors (Lipinski definition) is 1. The van der Waals surface area contributed by atoms with Crippen LogP contribution in [0.4, 0.5) is 11.4 Å². The van der Waals surface area contributed by atoms with E-state index in [1.54, 1.807) is 12.2 Å². The molecule has 4 heteroatoms. The van der Waals surface area contributed by atoms with E-state index in [0.29, 0.717) is 0 Å². The Morgan fingerprint density at radius 1 is 0.867 bits per heavy atom. The van der Waals surface area contributed by atoms with Gasteiger partial charge >= 0.3 is 0 Å². The molecule has 2 aliphatic rings. The number of rotatable bonds is 2. The Labute approximate surface area is 175 Å². The van der Waals surface area contributed by atoms with Crippen LogP contribution in [0, 0.1) is 0 Å². The average Bonchev–Trinajstić information content (AvgIpc) is 3.14. The van der Waals surface area contributed by atoms with Crippen LogP contribution >= 0.6 is 0 Å². The van der Waals surface area contributed by atoms with Gasteiger partial charge in [-0.25, -0.2) is 0 Å². The molecule has 0 fully saturated rings. The van der Waals surface area contributed by atoms with Crippen LogP contribution in [0.3, 0.4) is 0 Å². The Balaban J connectivity index is 1.55. The van der Waals surface area contributed by atoms with Gasteiger partial charge in [-0.15, -0.1) is 0 Å². The van der Waals surface area contributed by atoms with E-state index >= 15 is 0 Å². The predicted molar refractivity (Wildman–Crippen MR) is 123 cm³/mol. The van der Waals surface area contributed by atoms with Crippen LogP contribution in [-0.4, -0.2) is 11.8 Å². The molecule has 2 heterocycles. The quantitative estimate of drug-likeness (QED) is 0.725. The van der Waals surface area contributed by atoms with Crippen molar-refractivity contribution in [1.82, 2.24) is 0 Å². The minimum absolute atomic E-state index is 0.108. The Morgan fingerprint density at radius 2 is 1.50 bits per heavy atom. The highest BCUT2D eigenvalue weighted by molar-refractivity contribution is 6.19. The lowest BCUT2D eigenvalue weighted by molar-refractivity contribution is 0.532. The molecule has 0 spiro atoms. The van der Waals surface area contributed by atoms with Gasteiger partial charge in [-0.1, -0.05) is 64.1 Å². The fourth-order valence-corrected chi connectivity index (χ4v) is 4.68. The number of anilines is 1. The number of nitrogens with zero attached hydrogens (tertiary/aromatic N) is 1. The van der Waals surface area contributed by atoms with Crippen molar-refractivity contribution in [1.29, 1.82) is 0 Å². The molecular weight excluding hydrogens is 372 g/mol. The zero-order chi connectivity index (χ0) is 21.3. The van der Waals surface area contributed by atoms with Crippen molar-refractivity contribution in [2.75, 3.05) is 5.32 Å². The van der Waals surface area contributed by atoms with E-state index in [9.17, 15) is 9.59 Å². The first-order chi connectivity index (χ1) is 14.2. The van der Waals surface area contributed by atoms with Crippen molar-refractivity contribution in [3.63, 3.8) is 0 Å². The standard InChI is InChI=1S/C26H24N2O2/c1-25(2)17-9-5-7-11-19(17)27-21(25)13-15-23(29)16(24(15)30)14-22-26(3,4)18-10-6-8-12-20(18)28-22/h5-14,21,27H,1-4H3. The van der Waals surface area contributed by atoms with E-state index in [1.165, 1.54) is 5.56 Å². The molecule has 0 aliphatic carbocycles. The van der Waals surface area contributed by atoms with E-state index < -0.39 is 0 Å². The number of nitrogens with one attached hydrogen (secondary N) is 1. The highest BCUT2D eigenvalue weighted by atomic mass is 16.1. The van der Waals surface area contributed by atoms with Crippen LogP contribution in [0.1, 0.15) is 38.8 Å². The topological polar surface area (TPSA) is 58.5 Å². The summed E-state index contributed by atoms with van der Waals surface area (Å²) < 4.78 is 0. The summed E-state index contributed by atoms with van der Waals surface area (Å²) in [6.07, 6.45) is 3.49. The predicted octanol–water partition coefficient (Wildman–Crippen LogP) is 2.68. The SMILES string of the molecule is CC1(C)C(C=c2c(=O)c(=CC3Nc4ccccc4C3(C)C)c2=O)=Nc2ccccc21. The maximum atomic E-state index is 12.9. The largest absolute Gasteiger partial charge is 0.378 e. The normalized spacial score (nSPS) is 20.3. The third-order valence-corrected chi connectivity index (χ3v) is 6.76. The molecule has 0 saturated carbocycles. The number of aliphatic imine (C=N–C) groups is 1. The van der Waals surface area contributed by atoms with Crippen molar-refractivity contribution in [2.45, 2.75) is 44.6 Å². The summed E-state index contributed by atoms with van der Waals surface area (Å²) in [7, 11) is 0. The molecule has 0 aromatic heterocycles. The van der Waals surface area contributed by atoms with Crippen LogP contribution in [0.25, 0.3) is 12.2 Å². The van der Waals surface area contributed by atoms with Crippen LogP contribution < -0.4 is 26.6 Å². The molecule has 4 nitrogen and oxygen atoms in total. The van der Waals surface area contributed by atoms with Crippen LogP contribution in [0.2, 0.25) is 0 Å². The summed E-state index contributed by atoms with van der Waals surface area (Å²) >= 11 is 0. The van der Waals surface area contributed by atoms with Gasteiger partial charge < -0.3 is 5.32 Å². The summed E-state index contributed by atoms with van der Waals surface area (Å²) in [6.45, 7) is 8.40. The minimum atomic E-state index is -0.333. The van der Waals surface area contributed by atoms with Gasteiger partial charge in [-0.05, 0) is 35.4 Å². The van der Waals surface area contributed by atoms with Crippen molar-refractivity contribution in [3.05, 3.63) is 90.5 Å². The average molecular weight is 396 g/mol. The van der Waals surface area contributed by atoms with E-state index in [1.807, 2.05) is 42.5 Å². The highest BCUT2D eigenvalue weighted by Crippen LogP contribution is 2.41. The van der Waals surface area contributed by atoms with Crippen LogP contribution in [0.5, 0.6) is 0 Å². The molecule has 2 aliphatic heterocycles. The third kappa shape index (κ3) is 2.49. The van der Waals surface area contributed by atoms with Gasteiger partial charge in [0, 0.05) is 16.5 Å². The minimum Gasteiger partial charge on any atom is -0.378 e.